The van der Waals surface area contributed by atoms with Crippen molar-refractivity contribution in [3.63, 3.8) is 0 Å². The molecular formula is C21H27F3N6O. The maximum absolute atomic E-state index is 13.1. The molecule has 31 heavy (non-hydrogen) atoms. The molecule has 0 bridgehead atoms. The fourth-order valence-corrected chi connectivity index (χ4v) is 3.69. The standard InChI is InChI=1S/C21H27F3N6O/c1-3-5-16-11-19(30-7-4-6-17(12-30)26-13(2)31)29-20(27-16)28-18-9-14(21(22,23)24)8-15(25)10-18/h8-11,17H,3-7,12,25H2,1-2H3,(H,26,31)(H,27,28,29)/t17-/m1/s1. The van der Waals surface area contributed by atoms with Crippen LogP contribution in [0, 0.1) is 0 Å². The van der Waals surface area contributed by atoms with E-state index in [2.05, 4.69) is 25.5 Å². The van der Waals surface area contributed by atoms with Gasteiger partial charge in [0.2, 0.25) is 11.9 Å². The van der Waals surface area contributed by atoms with Crippen LogP contribution >= 0.6 is 0 Å². The van der Waals surface area contributed by atoms with Gasteiger partial charge in [0.25, 0.3) is 0 Å². The number of amides is 1. The van der Waals surface area contributed by atoms with Crippen LogP contribution in [0.15, 0.2) is 24.3 Å². The number of halogens is 3. The lowest BCUT2D eigenvalue weighted by molar-refractivity contribution is -0.137. The smallest absolute Gasteiger partial charge is 0.399 e. The number of nitrogens with zero attached hydrogens (tertiary/aromatic N) is 3. The summed E-state index contributed by atoms with van der Waals surface area (Å²) in [5.41, 5.74) is 5.78. The molecule has 1 amide bonds. The van der Waals surface area contributed by atoms with Crippen LogP contribution in [0.3, 0.4) is 0 Å². The van der Waals surface area contributed by atoms with Crippen molar-refractivity contribution in [1.82, 2.24) is 15.3 Å². The Balaban J connectivity index is 1.89. The summed E-state index contributed by atoms with van der Waals surface area (Å²) in [6.45, 7) is 4.90. The van der Waals surface area contributed by atoms with Crippen molar-refractivity contribution in [3.05, 3.63) is 35.5 Å². The van der Waals surface area contributed by atoms with Crippen molar-refractivity contribution in [2.45, 2.75) is 51.7 Å². The summed E-state index contributed by atoms with van der Waals surface area (Å²) in [4.78, 5) is 22.5. The van der Waals surface area contributed by atoms with E-state index in [0.29, 0.717) is 18.8 Å². The van der Waals surface area contributed by atoms with Gasteiger partial charge in [-0.15, -0.1) is 0 Å². The highest BCUT2D eigenvalue weighted by molar-refractivity contribution is 5.73. The molecular weight excluding hydrogens is 409 g/mol. The molecule has 0 unspecified atom stereocenters. The Morgan fingerprint density at radius 2 is 2.03 bits per heavy atom. The minimum Gasteiger partial charge on any atom is -0.399 e. The topological polar surface area (TPSA) is 96.2 Å². The highest BCUT2D eigenvalue weighted by Gasteiger charge is 2.31. The Bertz CT molecular complexity index is 934. The third kappa shape index (κ3) is 6.22. The molecule has 0 radical (unpaired) electrons. The van der Waals surface area contributed by atoms with Gasteiger partial charge in [0.15, 0.2) is 0 Å². The Kier molecular flexibility index (Phi) is 6.87. The molecule has 7 nitrogen and oxygen atoms in total. The highest BCUT2D eigenvalue weighted by Crippen LogP contribution is 2.33. The molecule has 10 heteroatoms. The maximum Gasteiger partial charge on any atom is 0.416 e. The van der Waals surface area contributed by atoms with Gasteiger partial charge in [0.05, 0.1) is 5.56 Å². The first kappa shape index (κ1) is 22.6. The van der Waals surface area contributed by atoms with Crippen LogP contribution < -0.4 is 21.3 Å². The van der Waals surface area contributed by atoms with Crippen LogP contribution in [-0.4, -0.2) is 35.0 Å². The van der Waals surface area contributed by atoms with Crippen molar-refractivity contribution < 1.29 is 18.0 Å². The van der Waals surface area contributed by atoms with E-state index in [1.807, 2.05) is 13.0 Å². The predicted molar refractivity (Wildman–Crippen MR) is 114 cm³/mol. The SMILES string of the molecule is CCCc1cc(N2CCC[C@@H](NC(C)=O)C2)nc(Nc2cc(N)cc(C(F)(F)F)c2)n1. The first-order valence-corrected chi connectivity index (χ1v) is 10.3. The normalized spacial score (nSPS) is 16.8. The van der Waals surface area contributed by atoms with Gasteiger partial charge in [-0.1, -0.05) is 13.3 Å². The minimum atomic E-state index is -4.51. The quantitative estimate of drug-likeness (QED) is 0.595. The van der Waals surface area contributed by atoms with Gasteiger partial charge in [-0.2, -0.15) is 18.2 Å². The number of piperidine rings is 1. The van der Waals surface area contributed by atoms with Crippen molar-refractivity contribution in [2.75, 3.05) is 29.0 Å². The summed E-state index contributed by atoms with van der Waals surface area (Å²) in [5.74, 6) is 0.808. The number of carbonyl (C=O) groups excluding carboxylic acids is 1. The fourth-order valence-electron chi connectivity index (χ4n) is 3.69. The molecule has 1 aliphatic heterocycles. The number of alkyl halides is 3. The van der Waals surface area contributed by atoms with E-state index in [-0.39, 0.29) is 29.3 Å². The zero-order valence-electron chi connectivity index (χ0n) is 17.6. The minimum absolute atomic E-state index is 0.00330. The van der Waals surface area contributed by atoms with Gasteiger partial charge in [0, 0.05) is 49.2 Å². The molecule has 1 atom stereocenters. The largest absolute Gasteiger partial charge is 0.416 e. The van der Waals surface area contributed by atoms with Crippen molar-refractivity contribution >= 4 is 29.0 Å². The number of hydrogen-bond acceptors (Lipinski definition) is 6. The van der Waals surface area contributed by atoms with E-state index in [1.165, 1.54) is 13.0 Å². The van der Waals surface area contributed by atoms with Crippen LogP contribution in [0.25, 0.3) is 0 Å². The number of nitrogens with two attached hydrogens (primary N) is 1. The fraction of sp³-hybridized carbons (Fsp3) is 0.476. The molecule has 1 fully saturated rings. The lowest BCUT2D eigenvalue weighted by atomic mass is 10.1. The van der Waals surface area contributed by atoms with Gasteiger partial charge in [-0.3, -0.25) is 4.79 Å². The number of aryl methyl sites for hydroxylation is 1. The number of hydrogen-bond donors (Lipinski definition) is 3. The number of aromatic nitrogens is 2. The average Bonchev–Trinajstić information content (AvgIpc) is 2.66. The summed E-state index contributed by atoms with van der Waals surface area (Å²) in [6, 6.07) is 5.21. The molecule has 0 aliphatic carbocycles. The number of nitrogen functional groups attached to an aromatic ring is 1. The molecule has 2 heterocycles. The van der Waals surface area contributed by atoms with E-state index in [9.17, 15) is 18.0 Å². The zero-order chi connectivity index (χ0) is 22.6. The number of nitrogens with one attached hydrogen (secondary N) is 2. The summed E-state index contributed by atoms with van der Waals surface area (Å²) < 4.78 is 39.4. The third-order valence-electron chi connectivity index (χ3n) is 4.96. The molecule has 3 rings (SSSR count). The summed E-state index contributed by atoms with van der Waals surface area (Å²) in [5, 5.41) is 5.82. The zero-order valence-corrected chi connectivity index (χ0v) is 17.6. The van der Waals surface area contributed by atoms with E-state index >= 15 is 0 Å². The van der Waals surface area contributed by atoms with Gasteiger partial charge < -0.3 is 21.3 Å². The lowest BCUT2D eigenvalue weighted by Crippen LogP contribution is -2.47. The summed E-state index contributed by atoms with van der Waals surface area (Å²) >= 11 is 0. The lowest BCUT2D eigenvalue weighted by Gasteiger charge is -2.34. The molecule has 0 spiro atoms. The summed E-state index contributed by atoms with van der Waals surface area (Å²) in [6.07, 6.45) is -1.16. The first-order chi connectivity index (χ1) is 14.6. The second kappa shape index (κ2) is 9.40. The molecule has 1 saturated heterocycles. The summed E-state index contributed by atoms with van der Waals surface area (Å²) in [7, 11) is 0. The average molecular weight is 436 g/mol. The number of anilines is 4. The molecule has 0 saturated carbocycles. The van der Waals surface area contributed by atoms with Crippen molar-refractivity contribution in [1.29, 1.82) is 0 Å². The third-order valence-corrected chi connectivity index (χ3v) is 4.96. The maximum atomic E-state index is 13.1. The van der Waals surface area contributed by atoms with Gasteiger partial charge in [-0.05, 0) is 37.5 Å². The Hall–Kier alpha value is -3.04. The monoisotopic (exact) mass is 436 g/mol. The van der Waals surface area contributed by atoms with E-state index in [1.54, 1.807) is 0 Å². The first-order valence-electron chi connectivity index (χ1n) is 10.3. The van der Waals surface area contributed by atoms with Crippen molar-refractivity contribution in [3.8, 4) is 0 Å². The van der Waals surface area contributed by atoms with Crippen molar-refractivity contribution in [2.24, 2.45) is 0 Å². The Labute approximate surface area is 179 Å². The highest BCUT2D eigenvalue weighted by atomic mass is 19.4. The Morgan fingerprint density at radius 1 is 1.26 bits per heavy atom. The number of carbonyl (C=O) groups is 1. The number of benzene rings is 1. The second-order valence-corrected chi connectivity index (χ2v) is 7.74. The van der Waals surface area contributed by atoms with Crippen LogP contribution in [0.5, 0.6) is 0 Å². The van der Waals surface area contributed by atoms with Gasteiger partial charge in [-0.25, -0.2) is 4.98 Å². The molecule has 1 aromatic carbocycles. The van der Waals surface area contributed by atoms with E-state index in [4.69, 9.17) is 5.73 Å². The van der Waals surface area contributed by atoms with E-state index < -0.39 is 11.7 Å². The Morgan fingerprint density at radius 3 is 2.71 bits per heavy atom. The second-order valence-electron chi connectivity index (χ2n) is 7.74. The molecule has 1 aromatic heterocycles. The number of rotatable bonds is 6. The van der Waals surface area contributed by atoms with Crippen LogP contribution in [0.1, 0.15) is 44.4 Å². The van der Waals surface area contributed by atoms with Gasteiger partial charge >= 0.3 is 6.18 Å². The predicted octanol–water partition coefficient (Wildman–Crippen LogP) is 3.88. The van der Waals surface area contributed by atoms with Crippen LogP contribution in [0.4, 0.5) is 36.3 Å². The van der Waals surface area contributed by atoms with E-state index in [0.717, 1.165) is 43.6 Å². The van der Waals surface area contributed by atoms with Gasteiger partial charge in [0.1, 0.15) is 5.82 Å². The molecule has 168 valence electrons. The molecule has 2 aromatic rings. The molecule has 1 aliphatic rings. The van der Waals surface area contributed by atoms with Crippen LogP contribution in [-0.2, 0) is 17.4 Å². The van der Waals surface area contributed by atoms with Crippen LogP contribution in [0.2, 0.25) is 0 Å². The molecule has 4 N–H and O–H groups in total.